The molecule has 0 amide bonds. The average Bonchev–Trinajstić information content (AvgIpc) is 2.61. The van der Waals surface area contributed by atoms with Crippen LogP contribution in [0.15, 0.2) is 21.6 Å². The van der Waals surface area contributed by atoms with Gasteiger partial charge in [0.25, 0.3) is 0 Å². The standard InChI is InChI=1S/C12H14ClNOS.ClH/c1-7-6-16-12(8(7)2)9-4-11(15-3)14-5-10(9)13;/h5-6,9H,4H2,1-3H3;1H. The molecule has 1 aromatic rings. The van der Waals surface area contributed by atoms with Crippen LogP contribution in [0.25, 0.3) is 0 Å². The van der Waals surface area contributed by atoms with E-state index in [1.54, 1.807) is 24.6 Å². The zero-order valence-corrected chi connectivity index (χ0v) is 12.4. The van der Waals surface area contributed by atoms with E-state index in [0.29, 0.717) is 0 Å². The van der Waals surface area contributed by atoms with Gasteiger partial charge < -0.3 is 4.74 Å². The van der Waals surface area contributed by atoms with Gasteiger partial charge in [-0.05, 0) is 30.4 Å². The van der Waals surface area contributed by atoms with Crippen LogP contribution in [0.3, 0.4) is 0 Å². The van der Waals surface area contributed by atoms with Crippen molar-refractivity contribution in [2.75, 3.05) is 7.11 Å². The second-order valence-electron chi connectivity index (χ2n) is 3.91. The monoisotopic (exact) mass is 291 g/mol. The maximum atomic E-state index is 6.23. The number of nitrogens with zero attached hydrogens (tertiary/aromatic N) is 1. The molecule has 0 saturated heterocycles. The van der Waals surface area contributed by atoms with E-state index < -0.39 is 0 Å². The van der Waals surface area contributed by atoms with Crippen molar-refractivity contribution in [3.8, 4) is 0 Å². The van der Waals surface area contributed by atoms with Gasteiger partial charge in [-0.1, -0.05) is 11.6 Å². The van der Waals surface area contributed by atoms with Crippen LogP contribution in [-0.4, -0.2) is 13.0 Å². The van der Waals surface area contributed by atoms with Crippen molar-refractivity contribution >= 4 is 41.2 Å². The smallest absolute Gasteiger partial charge is 0.188 e. The van der Waals surface area contributed by atoms with E-state index in [2.05, 4.69) is 24.2 Å². The van der Waals surface area contributed by atoms with Gasteiger partial charge in [0.1, 0.15) is 0 Å². The molecule has 0 aliphatic carbocycles. The van der Waals surface area contributed by atoms with Gasteiger partial charge in [-0.15, -0.1) is 23.7 Å². The summed E-state index contributed by atoms with van der Waals surface area (Å²) < 4.78 is 5.19. The summed E-state index contributed by atoms with van der Waals surface area (Å²) >= 11 is 7.99. The Hall–Kier alpha value is -0.510. The van der Waals surface area contributed by atoms with Crippen molar-refractivity contribution in [1.82, 2.24) is 0 Å². The second-order valence-corrected chi connectivity index (χ2v) is 5.25. The summed E-state index contributed by atoms with van der Waals surface area (Å²) in [7, 11) is 1.65. The van der Waals surface area contributed by atoms with Crippen LogP contribution >= 0.6 is 35.3 Å². The zero-order chi connectivity index (χ0) is 11.7. The average molecular weight is 292 g/mol. The first-order chi connectivity index (χ1) is 7.63. The fourth-order valence-corrected chi connectivity index (χ4v) is 3.26. The van der Waals surface area contributed by atoms with Gasteiger partial charge in [0, 0.05) is 28.4 Å². The van der Waals surface area contributed by atoms with Gasteiger partial charge >= 0.3 is 0 Å². The molecule has 0 saturated carbocycles. The minimum absolute atomic E-state index is 0. The summed E-state index contributed by atoms with van der Waals surface area (Å²) in [6.07, 6.45) is 2.45. The second kappa shape index (κ2) is 5.89. The lowest BCUT2D eigenvalue weighted by atomic mass is 9.97. The van der Waals surface area contributed by atoms with E-state index in [4.69, 9.17) is 16.3 Å². The largest absolute Gasteiger partial charge is 0.484 e. The molecular formula is C12H15Cl2NOS. The third-order valence-corrected chi connectivity index (χ3v) is 4.60. The van der Waals surface area contributed by atoms with Gasteiger partial charge in [0.15, 0.2) is 5.90 Å². The lowest BCUT2D eigenvalue weighted by Gasteiger charge is -2.19. The Labute approximate surface area is 117 Å². The SMILES string of the molecule is COC1=NC=C(Cl)C(c2scc(C)c2C)C1.Cl. The summed E-state index contributed by atoms with van der Waals surface area (Å²) in [4.78, 5) is 5.47. The van der Waals surface area contributed by atoms with Crippen LogP contribution < -0.4 is 0 Å². The minimum Gasteiger partial charge on any atom is -0.484 e. The summed E-state index contributed by atoms with van der Waals surface area (Å²) in [5.74, 6) is 0.965. The molecule has 0 spiro atoms. The number of allylic oxidation sites excluding steroid dienone is 1. The Morgan fingerprint density at radius 2 is 2.18 bits per heavy atom. The van der Waals surface area contributed by atoms with E-state index in [-0.39, 0.29) is 18.3 Å². The lowest BCUT2D eigenvalue weighted by Crippen LogP contribution is -2.12. The van der Waals surface area contributed by atoms with E-state index in [9.17, 15) is 0 Å². The predicted octanol–water partition coefficient (Wildman–Crippen LogP) is 4.40. The first-order valence-corrected chi connectivity index (χ1v) is 6.40. The lowest BCUT2D eigenvalue weighted by molar-refractivity contribution is 0.385. The Morgan fingerprint density at radius 3 is 2.71 bits per heavy atom. The Bertz CT molecular complexity index is 465. The molecule has 94 valence electrons. The highest BCUT2D eigenvalue weighted by Crippen LogP contribution is 2.39. The van der Waals surface area contributed by atoms with Crippen molar-refractivity contribution in [1.29, 1.82) is 0 Å². The Kier molecular flexibility index (Phi) is 5.04. The number of thiophene rings is 1. The maximum absolute atomic E-state index is 6.23. The molecule has 0 fully saturated rings. The third kappa shape index (κ3) is 2.84. The summed E-state index contributed by atoms with van der Waals surface area (Å²) in [6.45, 7) is 4.27. The molecule has 1 aliphatic heterocycles. The molecule has 1 aromatic heterocycles. The van der Waals surface area contributed by atoms with Crippen LogP contribution in [0.5, 0.6) is 0 Å². The normalized spacial score (nSPS) is 19.2. The molecular weight excluding hydrogens is 277 g/mol. The summed E-state index contributed by atoms with van der Waals surface area (Å²) in [5, 5.41) is 2.97. The summed E-state index contributed by atoms with van der Waals surface area (Å²) in [6, 6.07) is 0. The molecule has 1 unspecified atom stereocenters. The maximum Gasteiger partial charge on any atom is 0.188 e. The molecule has 0 radical (unpaired) electrons. The van der Waals surface area contributed by atoms with Crippen molar-refractivity contribution in [2.45, 2.75) is 26.2 Å². The van der Waals surface area contributed by atoms with Crippen LogP contribution in [0.2, 0.25) is 0 Å². The molecule has 17 heavy (non-hydrogen) atoms. The number of hydrogen-bond donors (Lipinski definition) is 0. The van der Waals surface area contributed by atoms with Gasteiger partial charge in [-0.2, -0.15) is 0 Å². The van der Waals surface area contributed by atoms with Crippen LogP contribution in [0, 0.1) is 13.8 Å². The third-order valence-electron chi connectivity index (χ3n) is 2.92. The predicted molar refractivity (Wildman–Crippen MR) is 76.8 cm³/mol. The van der Waals surface area contributed by atoms with E-state index >= 15 is 0 Å². The molecule has 2 heterocycles. The number of rotatable bonds is 1. The van der Waals surface area contributed by atoms with E-state index in [1.165, 1.54) is 16.0 Å². The summed E-state index contributed by atoms with van der Waals surface area (Å²) in [5.41, 5.74) is 2.66. The fourth-order valence-electron chi connectivity index (χ4n) is 1.77. The van der Waals surface area contributed by atoms with Crippen LogP contribution in [0.4, 0.5) is 0 Å². The number of methoxy groups -OCH3 is 1. The number of halogens is 2. The molecule has 0 N–H and O–H groups in total. The number of aliphatic imine (C=N–C) groups is 1. The van der Waals surface area contributed by atoms with Gasteiger partial charge in [0.2, 0.25) is 0 Å². The van der Waals surface area contributed by atoms with Gasteiger partial charge in [-0.25, -0.2) is 4.99 Å². The van der Waals surface area contributed by atoms with Crippen molar-refractivity contribution in [3.05, 3.63) is 32.6 Å². The molecule has 2 rings (SSSR count). The molecule has 0 bridgehead atoms. The first-order valence-electron chi connectivity index (χ1n) is 5.14. The molecule has 2 nitrogen and oxygen atoms in total. The quantitative estimate of drug-likeness (QED) is 0.752. The van der Waals surface area contributed by atoms with E-state index in [1.807, 2.05) is 0 Å². The number of hydrogen-bond acceptors (Lipinski definition) is 3. The molecule has 5 heteroatoms. The number of ether oxygens (including phenoxy) is 1. The topological polar surface area (TPSA) is 21.6 Å². The first kappa shape index (κ1) is 14.6. The highest BCUT2D eigenvalue weighted by molar-refractivity contribution is 7.10. The zero-order valence-electron chi connectivity index (χ0n) is 9.99. The van der Waals surface area contributed by atoms with Crippen LogP contribution in [0.1, 0.15) is 28.3 Å². The van der Waals surface area contributed by atoms with Crippen molar-refractivity contribution < 1.29 is 4.74 Å². The van der Waals surface area contributed by atoms with Gasteiger partial charge in [0.05, 0.1) is 7.11 Å². The fraction of sp³-hybridized carbons (Fsp3) is 0.417. The minimum atomic E-state index is 0. The highest BCUT2D eigenvalue weighted by atomic mass is 35.5. The van der Waals surface area contributed by atoms with Crippen molar-refractivity contribution in [2.24, 2.45) is 4.99 Å². The highest BCUT2D eigenvalue weighted by Gasteiger charge is 2.25. The number of aryl methyl sites for hydroxylation is 1. The van der Waals surface area contributed by atoms with Gasteiger partial charge in [-0.3, -0.25) is 0 Å². The van der Waals surface area contributed by atoms with Crippen molar-refractivity contribution in [3.63, 3.8) is 0 Å². The molecule has 1 aliphatic rings. The molecule has 0 aromatic carbocycles. The Morgan fingerprint density at radius 1 is 1.47 bits per heavy atom. The van der Waals surface area contributed by atoms with E-state index in [0.717, 1.165) is 17.4 Å². The van der Waals surface area contributed by atoms with Crippen LogP contribution in [-0.2, 0) is 4.74 Å². The molecule has 1 atom stereocenters. The Balaban J connectivity index is 0.00000144.